The Morgan fingerprint density at radius 3 is 2.59 bits per heavy atom. The van der Waals surface area contributed by atoms with E-state index in [1.165, 1.54) is 28.9 Å². The van der Waals surface area contributed by atoms with E-state index in [0.29, 0.717) is 11.3 Å². The van der Waals surface area contributed by atoms with Gasteiger partial charge >= 0.3 is 0 Å². The van der Waals surface area contributed by atoms with Gasteiger partial charge in [0.25, 0.3) is 0 Å². The van der Waals surface area contributed by atoms with Gasteiger partial charge in [0.05, 0.1) is 25.5 Å². The predicted octanol–water partition coefficient (Wildman–Crippen LogP) is 0.643. The molecule has 0 fully saturated rings. The maximum Gasteiger partial charge on any atom is 0.123 e. The molecule has 0 saturated carbocycles. The van der Waals surface area contributed by atoms with E-state index in [9.17, 15) is 9.50 Å². The maximum atomic E-state index is 12.7. The van der Waals surface area contributed by atoms with Gasteiger partial charge in [0.2, 0.25) is 0 Å². The number of benzene rings is 1. The van der Waals surface area contributed by atoms with E-state index in [1.807, 2.05) is 0 Å². The Bertz CT molecular complexity index is 484. The van der Waals surface area contributed by atoms with E-state index in [4.69, 9.17) is 5.11 Å². The third kappa shape index (κ3) is 2.86. The van der Waals surface area contributed by atoms with Gasteiger partial charge in [0.15, 0.2) is 0 Å². The van der Waals surface area contributed by atoms with Crippen molar-refractivity contribution in [2.45, 2.75) is 19.3 Å². The van der Waals surface area contributed by atoms with Gasteiger partial charge in [0.1, 0.15) is 11.5 Å². The fourth-order valence-corrected chi connectivity index (χ4v) is 1.47. The summed E-state index contributed by atoms with van der Waals surface area (Å²) in [5.41, 5.74) is 1.05. The summed E-state index contributed by atoms with van der Waals surface area (Å²) >= 11 is 0. The lowest BCUT2D eigenvalue weighted by molar-refractivity contribution is 0.150. The summed E-state index contributed by atoms with van der Waals surface area (Å²) in [6.45, 7) is 0.0191. The highest BCUT2D eigenvalue weighted by Crippen LogP contribution is 2.15. The molecule has 6 heteroatoms. The molecular formula is C11H12FN3O2. The Labute approximate surface area is 97.1 Å². The molecule has 17 heavy (non-hydrogen) atoms. The standard InChI is InChI=1S/C11H12FN3O2/c12-9-3-1-8(2-4-9)11(17)6-15-5-10(7-16)13-14-15/h1-5,11,16-17H,6-7H2/t11-/m0/s1. The van der Waals surface area contributed by atoms with Crippen LogP contribution in [0.5, 0.6) is 0 Å². The molecule has 2 N–H and O–H groups in total. The van der Waals surface area contributed by atoms with Crippen molar-refractivity contribution in [3.63, 3.8) is 0 Å². The third-order valence-corrected chi connectivity index (χ3v) is 2.36. The largest absolute Gasteiger partial charge is 0.390 e. The summed E-state index contributed by atoms with van der Waals surface area (Å²) in [6, 6.07) is 5.62. The fraction of sp³-hybridized carbons (Fsp3) is 0.273. The highest BCUT2D eigenvalue weighted by molar-refractivity contribution is 5.18. The van der Waals surface area contributed by atoms with Crippen LogP contribution in [-0.4, -0.2) is 25.2 Å². The lowest BCUT2D eigenvalue weighted by Gasteiger charge is -2.10. The fourth-order valence-electron chi connectivity index (χ4n) is 1.47. The second-order valence-electron chi connectivity index (χ2n) is 3.66. The van der Waals surface area contributed by atoms with Gasteiger partial charge in [-0.2, -0.15) is 0 Å². The Morgan fingerprint density at radius 1 is 1.29 bits per heavy atom. The van der Waals surface area contributed by atoms with Crippen molar-refractivity contribution >= 4 is 0 Å². The molecule has 1 aromatic carbocycles. The van der Waals surface area contributed by atoms with Crippen LogP contribution >= 0.6 is 0 Å². The summed E-state index contributed by atoms with van der Waals surface area (Å²) in [7, 11) is 0. The van der Waals surface area contributed by atoms with Crippen molar-refractivity contribution in [3.8, 4) is 0 Å². The Balaban J connectivity index is 2.05. The van der Waals surface area contributed by atoms with Crippen LogP contribution in [0.3, 0.4) is 0 Å². The first kappa shape index (κ1) is 11.7. The van der Waals surface area contributed by atoms with Gasteiger partial charge in [-0.25, -0.2) is 9.07 Å². The number of hydrogen-bond donors (Lipinski definition) is 2. The van der Waals surface area contributed by atoms with Crippen molar-refractivity contribution in [3.05, 3.63) is 47.5 Å². The molecule has 1 atom stereocenters. The summed E-state index contributed by atoms with van der Waals surface area (Å²) < 4.78 is 14.1. The molecule has 0 aliphatic carbocycles. The van der Waals surface area contributed by atoms with Gasteiger partial charge in [-0.1, -0.05) is 17.3 Å². The van der Waals surface area contributed by atoms with Crippen LogP contribution in [0, 0.1) is 5.82 Å². The minimum Gasteiger partial charge on any atom is -0.390 e. The van der Waals surface area contributed by atoms with E-state index >= 15 is 0 Å². The minimum atomic E-state index is -0.788. The van der Waals surface area contributed by atoms with Crippen LogP contribution in [0.1, 0.15) is 17.4 Å². The summed E-state index contributed by atoms with van der Waals surface area (Å²) in [6.07, 6.45) is 0.760. The van der Waals surface area contributed by atoms with E-state index in [1.54, 1.807) is 6.20 Å². The van der Waals surface area contributed by atoms with E-state index < -0.39 is 6.10 Å². The molecule has 0 radical (unpaired) electrons. The first-order valence-corrected chi connectivity index (χ1v) is 5.12. The molecule has 2 aromatic rings. The van der Waals surface area contributed by atoms with Gasteiger partial charge in [-0.05, 0) is 17.7 Å². The number of rotatable bonds is 4. The smallest absolute Gasteiger partial charge is 0.123 e. The van der Waals surface area contributed by atoms with Crippen LogP contribution in [0.25, 0.3) is 0 Å². The first-order valence-electron chi connectivity index (χ1n) is 5.12. The van der Waals surface area contributed by atoms with Crippen molar-refractivity contribution in [1.82, 2.24) is 15.0 Å². The van der Waals surface area contributed by atoms with Crippen LogP contribution in [0.2, 0.25) is 0 Å². The van der Waals surface area contributed by atoms with Crippen molar-refractivity contribution in [2.24, 2.45) is 0 Å². The molecule has 0 saturated heterocycles. The van der Waals surface area contributed by atoms with E-state index in [0.717, 1.165) is 0 Å². The predicted molar refractivity (Wildman–Crippen MR) is 57.3 cm³/mol. The second kappa shape index (κ2) is 5.03. The minimum absolute atomic E-state index is 0.188. The Morgan fingerprint density at radius 2 is 2.00 bits per heavy atom. The molecule has 1 aromatic heterocycles. The molecule has 0 aliphatic rings. The normalized spacial score (nSPS) is 12.6. The molecule has 0 spiro atoms. The number of aliphatic hydroxyl groups is 2. The summed E-state index contributed by atoms with van der Waals surface area (Å²) in [5.74, 6) is -0.343. The van der Waals surface area contributed by atoms with Crippen LogP contribution in [0.15, 0.2) is 30.5 Å². The van der Waals surface area contributed by atoms with Crippen molar-refractivity contribution < 1.29 is 14.6 Å². The van der Waals surface area contributed by atoms with Gasteiger partial charge < -0.3 is 10.2 Å². The molecular weight excluding hydrogens is 225 g/mol. The molecule has 2 rings (SSSR count). The number of hydrogen-bond acceptors (Lipinski definition) is 4. The Hall–Kier alpha value is -1.79. The maximum absolute atomic E-state index is 12.7. The average Bonchev–Trinajstić information content (AvgIpc) is 2.77. The van der Waals surface area contributed by atoms with Gasteiger partial charge in [0, 0.05) is 0 Å². The zero-order chi connectivity index (χ0) is 12.3. The number of aliphatic hydroxyl groups excluding tert-OH is 2. The van der Waals surface area contributed by atoms with Crippen LogP contribution < -0.4 is 0 Å². The van der Waals surface area contributed by atoms with E-state index in [-0.39, 0.29) is 19.0 Å². The quantitative estimate of drug-likeness (QED) is 0.818. The lowest BCUT2D eigenvalue weighted by Crippen LogP contribution is -2.09. The molecule has 0 aliphatic heterocycles. The third-order valence-electron chi connectivity index (χ3n) is 2.36. The highest BCUT2D eigenvalue weighted by Gasteiger charge is 2.09. The molecule has 0 bridgehead atoms. The topological polar surface area (TPSA) is 71.2 Å². The number of halogens is 1. The average molecular weight is 237 g/mol. The van der Waals surface area contributed by atoms with Crippen molar-refractivity contribution in [2.75, 3.05) is 0 Å². The van der Waals surface area contributed by atoms with Crippen molar-refractivity contribution in [1.29, 1.82) is 0 Å². The zero-order valence-corrected chi connectivity index (χ0v) is 8.99. The van der Waals surface area contributed by atoms with Gasteiger partial charge in [-0.3, -0.25) is 0 Å². The number of nitrogens with zero attached hydrogens (tertiary/aromatic N) is 3. The Kier molecular flexibility index (Phi) is 3.46. The summed E-state index contributed by atoms with van der Waals surface area (Å²) in [5, 5.41) is 26.1. The zero-order valence-electron chi connectivity index (χ0n) is 8.99. The van der Waals surface area contributed by atoms with E-state index in [2.05, 4.69) is 10.3 Å². The molecule has 0 amide bonds. The first-order chi connectivity index (χ1) is 8.19. The van der Waals surface area contributed by atoms with Gasteiger partial charge in [-0.15, -0.1) is 5.10 Å². The lowest BCUT2D eigenvalue weighted by atomic mass is 10.1. The molecule has 90 valence electrons. The number of aromatic nitrogens is 3. The summed E-state index contributed by atoms with van der Waals surface area (Å²) in [4.78, 5) is 0. The van der Waals surface area contributed by atoms with Crippen LogP contribution in [-0.2, 0) is 13.2 Å². The second-order valence-corrected chi connectivity index (χ2v) is 3.66. The molecule has 0 unspecified atom stereocenters. The SMILES string of the molecule is OCc1cn(C[C@H](O)c2ccc(F)cc2)nn1. The van der Waals surface area contributed by atoms with Crippen LogP contribution in [0.4, 0.5) is 4.39 Å². The molecule has 1 heterocycles. The highest BCUT2D eigenvalue weighted by atomic mass is 19.1. The molecule has 5 nitrogen and oxygen atoms in total. The monoisotopic (exact) mass is 237 g/mol.